The molecule has 0 radical (unpaired) electrons. The number of hydrogen-bond donors (Lipinski definition) is 0. The van der Waals surface area contributed by atoms with E-state index in [1.807, 2.05) is 0 Å². The van der Waals surface area contributed by atoms with Gasteiger partial charge in [-0.1, -0.05) is 24.3 Å². The maximum atomic E-state index is 5.32. The average Bonchev–Trinajstić information content (AvgIpc) is 2.50. The van der Waals surface area contributed by atoms with Gasteiger partial charge in [-0.25, -0.2) is 0 Å². The highest BCUT2D eigenvalue weighted by Gasteiger charge is 2.20. The van der Waals surface area contributed by atoms with E-state index in [9.17, 15) is 0 Å². The van der Waals surface area contributed by atoms with Crippen LogP contribution in [0, 0.1) is 12.3 Å². The Morgan fingerprint density at radius 3 is 3.08 bits per heavy atom. The molecule has 1 unspecified atom stereocenters. The highest BCUT2D eigenvalue weighted by atomic mass is 14.2. The summed E-state index contributed by atoms with van der Waals surface area (Å²) < 4.78 is 0. The van der Waals surface area contributed by atoms with Crippen LogP contribution < -0.4 is 0 Å². The highest BCUT2D eigenvalue weighted by molar-refractivity contribution is 5.35. The Labute approximate surface area is 73.6 Å². The predicted octanol–water partition coefficient (Wildman–Crippen LogP) is 2.74. The van der Waals surface area contributed by atoms with Crippen LogP contribution in [-0.4, -0.2) is 0 Å². The molecule has 0 aliphatic heterocycles. The second kappa shape index (κ2) is 3.03. The molecule has 1 aromatic rings. The van der Waals surface area contributed by atoms with Gasteiger partial charge in [0.05, 0.1) is 0 Å². The van der Waals surface area contributed by atoms with Gasteiger partial charge in [-0.2, -0.15) is 0 Å². The lowest BCUT2D eigenvalue weighted by Crippen LogP contribution is -1.90. The summed E-state index contributed by atoms with van der Waals surface area (Å²) in [5.41, 5.74) is 2.98. The highest BCUT2D eigenvalue weighted by Crippen LogP contribution is 2.34. The van der Waals surface area contributed by atoms with Crippen LogP contribution in [0.2, 0.25) is 0 Å². The molecule has 1 aliphatic carbocycles. The van der Waals surface area contributed by atoms with Crippen molar-refractivity contribution in [2.24, 2.45) is 0 Å². The van der Waals surface area contributed by atoms with Crippen LogP contribution in [0.4, 0.5) is 0 Å². The molecule has 60 valence electrons. The third-order valence-electron chi connectivity index (χ3n) is 2.62. The topological polar surface area (TPSA) is 0 Å². The molecule has 0 saturated carbocycles. The van der Waals surface area contributed by atoms with E-state index in [0.29, 0.717) is 5.92 Å². The largest absolute Gasteiger partial charge is 0.120 e. The van der Waals surface area contributed by atoms with Crippen LogP contribution in [0.25, 0.3) is 0 Å². The van der Waals surface area contributed by atoms with Crippen molar-refractivity contribution in [3.63, 3.8) is 0 Å². The summed E-state index contributed by atoms with van der Waals surface area (Å²) in [5, 5.41) is 0. The molecular formula is C12H12. The summed E-state index contributed by atoms with van der Waals surface area (Å²) in [7, 11) is 0. The summed E-state index contributed by atoms with van der Waals surface area (Å²) in [6.45, 7) is 0. The molecule has 1 atom stereocenters. The second-order valence-electron chi connectivity index (χ2n) is 3.34. The van der Waals surface area contributed by atoms with Crippen molar-refractivity contribution in [2.45, 2.75) is 25.2 Å². The van der Waals surface area contributed by atoms with Gasteiger partial charge < -0.3 is 0 Å². The first kappa shape index (κ1) is 7.43. The number of aryl methyl sites for hydroxylation is 1. The fraction of sp³-hybridized carbons (Fsp3) is 0.333. The maximum Gasteiger partial charge on any atom is 0.0155 e. The number of fused-ring (bicyclic) bond motifs is 1. The summed E-state index contributed by atoms with van der Waals surface area (Å²) in [6.07, 6.45) is 8.67. The second-order valence-corrected chi connectivity index (χ2v) is 3.34. The maximum absolute atomic E-state index is 5.32. The van der Waals surface area contributed by atoms with Crippen molar-refractivity contribution < 1.29 is 0 Å². The van der Waals surface area contributed by atoms with Gasteiger partial charge in [0.2, 0.25) is 0 Å². The minimum absolute atomic E-state index is 0.631. The summed E-state index contributed by atoms with van der Waals surface area (Å²) >= 11 is 0. The van der Waals surface area contributed by atoms with E-state index >= 15 is 0 Å². The molecule has 0 heteroatoms. The molecule has 1 aromatic carbocycles. The van der Waals surface area contributed by atoms with Crippen LogP contribution in [-0.2, 0) is 6.42 Å². The molecule has 2 rings (SSSR count). The van der Waals surface area contributed by atoms with E-state index in [-0.39, 0.29) is 0 Å². The van der Waals surface area contributed by atoms with Crippen molar-refractivity contribution in [1.29, 1.82) is 0 Å². The molecule has 0 bridgehead atoms. The van der Waals surface area contributed by atoms with E-state index in [0.717, 1.165) is 6.42 Å². The first-order valence-electron chi connectivity index (χ1n) is 4.43. The SMILES string of the molecule is C#CCC1CCc2ccccc21. The molecule has 12 heavy (non-hydrogen) atoms. The molecular weight excluding hydrogens is 144 g/mol. The van der Waals surface area contributed by atoms with Gasteiger partial charge in [0, 0.05) is 6.42 Å². The first-order chi connectivity index (χ1) is 5.92. The van der Waals surface area contributed by atoms with Gasteiger partial charge in [0.15, 0.2) is 0 Å². The van der Waals surface area contributed by atoms with Crippen LogP contribution in [0.1, 0.15) is 29.9 Å². The Kier molecular flexibility index (Phi) is 1.87. The average molecular weight is 156 g/mol. The summed E-state index contributed by atoms with van der Waals surface area (Å²) in [4.78, 5) is 0. The minimum atomic E-state index is 0.631. The quantitative estimate of drug-likeness (QED) is 0.548. The van der Waals surface area contributed by atoms with Gasteiger partial charge in [0.1, 0.15) is 0 Å². The van der Waals surface area contributed by atoms with Gasteiger partial charge in [0.25, 0.3) is 0 Å². The van der Waals surface area contributed by atoms with Crippen LogP contribution in [0.15, 0.2) is 24.3 Å². The number of benzene rings is 1. The lowest BCUT2D eigenvalue weighted by Gasteiger charge is -2.05. The van der Waals surface area contributed by atoms with E-state index < -0.39 is 0 Å². The smallest absolute Gasteiger partial charge is 0.0155 e. The Balaban J connectivity index is 2.31. The minimum Gasteiger partial charge on any atom is -0.120 e. The standard InChI is InChI=1S/C12H12/c1-2-5-10-8-9-11-6-3-4-7-12(10)11/h1,3-4,6-7,10H,5,8-9H2. The zero-order valence-electron chi connectivity index (χ0n) is 7.09. The molecule has 0 saturated heterocycles. The monoisotopic (exact) mass is 156 g/mol. The lowest BCUT2D eigenvalue weighted by molar-refractivity contribution is 0.699. The van der Waals surface area contributed by atoms with Gasteiger partial charge in [-0.05, 0) is 29.9 Å². The Morgan fingerprint density at radius 1 is 1.42 bits per heavy atom. The van der Waals surface area contributed by atoms with Gasteiger partial charge in [-0.3, -0.25) is 0 Å². The predicted molar refractivity (Wildman–Crippen MR) is 51.0 cm³/mol. The Morgan fingerprint density at radius 2 is 2.25 bits per heavy atom. The fourth-order valence-corrected chi connectivity index (χ4v) is 2.00. The van der Waals surface area contributed by atoms with E-state index in [1.165, 1.54) is 24.0 Å². The molecule has 0 nitrogen and oxygen atoms in total. The number of terminal acetylenes is 1. The fourth-order valence-electron chi connectivity index (χ4n) is 2.00. The van der Waals surface area contributed by atoms with Gasteiger partial charge >= 0.3 is 0 Å². The zero-order chi connectivity index (χ0) is 8.39. The number of rotatable bonds is 1. The third kappa shape index (κ3) is 1.12. The van der Waals surface area contributed by atoms with Gasteiger partial charge in [-0.15, -0.1) is 12.3 Å². The van der Waals surface area contributed by atoms with E-state index in [1.54, 1.807) is 0 Å². The number of hydrogen-bond acceptors (Lipinski definition) is 0. The Hall–Kier alpha value is -1.22. The Bertz CT molecular complexity index is 317. The molecule has 0 N–H and O–H groups in total. The third-order valence-corrected chi connectivity index (χ3v) is 2.62. The van der Waals surface area contributed by atoms with Crippen molar-refractivity contribution in [2.75, 3.05) is 0 Å². The van der Waals surface area contributed by atoms with Crippen LogP contribution in [0.5, 0.6) is 0 Å². The summed E-state index contributed by atoms with van der Waals surface area (Å²) in [6, 6.07) is 8.64. The van der Waals surface area contributed by atoms with E-state index in [4.69, 9.17) is 6.42 Å². The molecule has 0 fully saturated rings. The van der Waals surface area contributed by atoms with Crippen molar-refractivity contribution in [3.8, 4) is 12.3 Å². The van der Waals surface area contributed by atoms with Crippen molar-refractivity contribution in [3.05, 3.63) is 35.4 Å². The first-order valence-corrected chi connectivity index (χ1v) is 4.43. The van der Waals surface area contributed by atoms with E-state index in [2.05, 4.69) is 30.2 Å². The van der Waals surface area contributed by atoms with Crippen molar-refractivity contribution >= 4 is 0 Å². The van der Waals surface area contributed by atoms with Crippen LogP contribution in [0.3, 0.4) is 0 Å². The molecule has 0 aromatic heterocycles. The van der Waals surface area contributed by atoms with Crippen LogP contribution >= 0.6 is 0 Å². The molecule has 0 heterocycles. The molecule has 0 spiro atoms. The van der Waals surface area contributed by atoms with Crippen molar-refractivity contribution in [1.82, 2.24) is 0 Å². The molecule has 0 amide bonds. The lowest BCUT2D eigenvalue weighted by atomic mass is 9.98. The summed E-state index contributed by atoms with van der Waals surface area (Å²) in [5.74, 6) is 3.38. The normalized spacial score (nSPS) is 20.1. The molecule has 1 aliphatic rings. The zero-order valence-corrected chi connectivity index (χ0v) is 7.09.